The summed E-state index contributed by atoms with van der Waals surface area (Å²) in [6.07, 6.45) is 5.24. The molecule has 1 N–H and O–H groups in total. The number of benzene rings is 2. The minimum Gasteiger partial charge on any atom is -0.287 e. The monoisotopic (exact) mass is 462 g/mol. The molecule has 1 aliphatic heterocycles. The highest BCUT2D eigenvalue weighted by molar-refractivity contribution is 5.88. The molecule has 3 nitrogen and oxygen atoms in total. The van der Waals surface area contributed by atoms with Crippen LogP contribution in [0.15, 0.2) is 36.4 Å². The van der Waals surface area contributed by atoms with E-state index in [2.05, 4.69) is 12.3 Å². The van der Waals surface area contributed by atoms with Gasteiger partial charge in [0.15, 0.2) is 6.04 Å². The van der Waals surface area contributed by atoms with E-state index in [1.807, 2.05) is 24.3 Å². The lowest BCUT2D eigenvalue weighted by Crippen LogP contribution is -2.44. The topological polar surface area (TPSA) is 32.3 Å². The van der Waals surface area contributed by atoms with Gasteiger partial charge in [-0.2, -0.15) is 13.2 Å². The molecule has 0 radical (unpaired) electrons. The van der Waals surface area contributed by atoms with Gasteiger partial charge in [-0.05, 0) is 48.6 Å². The van der Waals surface area contributed by atoms with E-state index in [9.17, 15) is 18.0 Å². The van der Waals surface area contributed by atoms with Crippen LogP contribution in [-0.2, 0) is 11.2 Å². The van der Waals surface area contributed by atoms with Crippen LogP contribution in [0, 0.1) is 5.41 Å². The van der Waals surface area contributed by atoms with Gasteiger partial charge in [-0.1, -0.05) is 88.3 Å². The highest BCUT2D eigenvalue weighted by Gasteiger charge is 2.52. The number of carbonyl (C=O) groups is 1. The second-order valence-corrected chi connectivity index (χ2v) is 9.98. The van der Waals surface area contributed by atoms with Crippen LogP contribution in [0.25, 0.3) is 10.8 Å². The summed E-state index contributed by atoms with van der Waals surface area (Å²) in [6, 6.07) is 9.13. The third kappa shape index (κ3) is 6.28. The Morgan fingerprint density at radius 3 is 2.21 bits per heavy atom. The number of fused-ring (bicyclic) bond motifs is 1. The summed E-state index contributed by atoms with van der Waals surface area (Å²) in [7, 11) is 0. The first-order valence-electron chi connectivity index (χ1n) is 12.3. The molecule has 1 heterocycles. The van der Waals surface area contributed by atoms with Crippen molar-refractivity contribution in [1.29, 1.82) is 0 Å². The van der Waals surface area contributed by atoms with Crippen LogP contribution >= 0.6 is 0 Å². The molecule has 1 fully saturated rings. The SMILES string of the molecule is CCCCCCCCCCc1ccc2ccccc2c1C(N1CC(C)(C)C(=O)N1)C(F)(F)F. The van der Waals surface area contributed by atoms with E-state index in [4.69, 9.17) is 0 Å². The molecule has 2 aromatic rings. The fourth-order valence-electron chi connectivity index (χ4n) is 4.80. The van der Waals surface area contributed by atoms with Crippen molar-refractivity contribution >= 4 is 16.7 Å². The van der Waals surface area contributed by atoms with Crippen molar-refractivity contribution < 1.29 is 18.0 Å². The Morgan fingerprint density at radius 1 is 0.970 bits per heavy atom. The first kappa shape index (κ1) is 25.5. The van der Waals surface area contributed by atoms with Crippen molar-refractivity contribution in [3.8, 4) is 0 Å². The number of amides is 1. The molecule has 0 aliphatic carbocycles. The maximum Gasteiger partial charge on any atom is 0.409 e. The van der Waals surface area contributed by atoms with Crippen LogP contribution in [0.4, 0.5) is 13.2 Å². The average molecular weight is 463 g/mol. The first-order chi connectivity index (χ1) is 15.6. The molecule has 0 bridgehead atoms. The molecule has 33 heavy (non-hydrogen) atoms. The van der Waals surface area contributed by atoms with Crippen LogP contribution in [0.5, 0.6) is 0 Å². The largest absolute Gasteiger partial charge is 0.409 e. The zero-order valence-electron chi connectivity index (χ0n) is 20.1. The van der Waals surface area contributed by atoms with Gasteiger partial charge in [0.1, 0.15) is 0 Å². The highest BCUT2D eigenvalue weighted by atomic mass is 19.4. The van der Waals surface area contributed by atoms with Gasteiger partial charge in [0.25, 0.3) is 0 Å². The van der Waals surface area contributed by atoms with E-state index in [1.165, 1.54) is 32.1 Å². The van der Waals surface area contributed by atoms with Crippen LogP contribution < -0.4 is 5.43 Å². The zero-order chi connectivity index (χ0) is 24.1. The van der Waals surface area contributed by atoms with E-state index in [1.54, 1.807) is 26.0 Å². The van der Waals surface area contributed by atoms with Gasteiger partial charge in [0.05, 0.1) is 5.41 Å². The number of unbranched alkanes of at least 4 members (excludes halogenated alkanes) is 7. The Kier molecular flexibility index (Phi) is 8.43. The van der Waals surface area contributed by atoms with Crippen molar-refractivity contribution in [2.24, 2.45) is 5.41 Å². The zero-order valence-corrected chi connectivity index (χ0v) is 20.1. The number of hydrazine groups is 1. The Labute approximate surface area is 195 Å². The van der Waals surface area contributed by atoms with Crippen molar-refractivity contribution in [1.82, 2.24) is 10.4 Å². The number of nitrogens with one attached hydrogen (secondary N) is 1. The van der Waals surface area contributed by atoms with Gasteiger partial charge in [-0.15, -0.1) is 0 Å². The molecule has 2 aromatic carbocycles. The van der Waals surface area contributed by atoms with E-state index in [0.29, 0.717) is 11.8 Å². The summed E-state index contributed by atoms with van der Waals surface area (Å²) in [5.74, 6) is -0.374. The highest BCUT2D eigenvalue weighted by Crippen LogP contribution is 2.44. The number of nitrogens with zero attached hydrogens (tertiary/aromatic N) is 1. The molecular formula is C27H37F3N2O. The lowest BCUT2D eigenvalue weighted by molar-refractivity contribution is -0.191. The molecule has 0 spiro atoms. The molecular weight excluding hydrogens is 425 g/mol. The average Bonchev–Trinajstić information content (AvgIpc) is 3.02. The van der Waals surface area contributed by atoms with Crippen LogP contribution in [0.3, 0.4) is 0 Å². The number of alkyl halides is 3. The maximum atomic E-state index is 14.5. The summed E-state index contributed by atoms with van der Waals surface area (Å²) in [4.78, 5) is 12.3. The molecule has 1 amide bonds. The van der Waals surface area contributed by atoms with Crippen molar-refractivity contribution in [3.05, 3.63) is 47.5 Å². The van der Waals surface area contributed by atoms with Gasteiger partial charge in [-0.25, -0.2) is 5.01 Å². The van der Waals surface area contributed by atoms with Gasteiger partial charge < -0.3 is 0 Å². The van der Waals surface area contributed by atoms with Gasteiger partial charge in [0, 0.05) is 6.54 Å². The molecule has 182 valence electrons. The molecule has 1 atom stereocenters. The number of halogens is 3. The van der Waals surface area contributed by atoms with Gasteiger partial charge >= 0.3 is 6.18 Å². The lowest BCUT2D eigenvalue weighted by Gasteiger charge is -2.32. The fourth-order valence-corrected chi connectivity index (χ4v) is 4.80. The van der Waals surface area contributed by atoms with Crippen LogP contribution in [0.1, 0.15) is 89.3 Å². The van der Waals surface area contributed by atoms with Crippen LogP contribution in [-0.4, -0.2) is 23.6 Å². The van der Waals surface area contributed by atoms with E-state index >= 15 is 0 Å². The number of hydrogen-bond donors (Lipinski definition) is 1. The van der Waals surface area contributed by atoms with Gasteiger partial charge in [0.2, 0.25) is 5.91 Å². The number of hydrogen-bond acceptors (Lipinski definition) is 2. The van der Waals surface area contributed by atoms with Crippen LogP contribution in [0.2, 0.25) is 0 Å². The number of aryl methyl sites for hydroxylation is 1. The number of rotatable bonds is 11. The molecule has 6 heteroatoms. The fraction of sp³-hybridized carbons (Fsp3) is 0.593. The predicted molar refractivity (Wildman–Crippen MR) is 128 cm³/mol. The first-order valence-corrected chi connectivity index (χ1v) is 12.3. The summed E-state index contributed by atoms with van der Waals surface area (Å²) in [5.41, 5.74) is 2.65. The Morgan fingerprint density at radius 2 is 1.61 bits per heavy atom. The summed E-state index contributed by atoms with van der Waals surface area (Å²) >= 11 is 0. The molecule has 1 aliphatic rings. The smallest absolute Gasteiger partial charge is 0.287 e. The summed E-state index contributed by atoms with van der Waals surface area (Å²) in [6.45, 7) is 5.57. The maximum absolute atomic E-state index is 14.5. The summed E-state index contributed by atoms with van der Waals surface area (Å²) in [5, 5.41) is 2.49. The van der Waals surface area contributed by atoms with E-state index in [-0.39, 0.29) is 18.0 Å². The normalized spacial score (nSPS) is 17.5. The quantitative estimate of drug-likeness (QED) is 0.351. The molecule has 1 saturated heterocycles. The minimum absolute atomic E-state index is 0.0103. The standard InChI is InChI=1S/C27H37F3N2O/c1-4-5-6-7-8-9-10-11-15-21-18-17-20-14-12-13-16-22(20)23(21)24(27(28,29)30)32-19-26(2,3)25(33)31-32/h12-14,16-18,24H,4-11,15,19H2,1-3H3,(H,31,33). The third-order valence-corrected chi connectivity index (χ3v) is 6.68. The Balaban J connectivity index is 1.86. The molecule has 0 saturated carbocycles. The summed E-state index contributed by atoms with van der Waals surface area (Å²) < 4.78 is 43.6. The Hall–Kier alpha value is -2.08. The van der Waals surface area contributed by atoms with Crippen molar-refractivity contribution in [2.45, 2.75) is 90.8 Å². The number of carbonyl (C=O) groups excluding carboxylic acids is 1. The molecule has 0 aromatic heterocycles. The Bertz CT molecular complexity index is 939. The van der Waals surface area contributed by atoms with Gasteiger partial charge in [-0.3, -0.25) is 10.2 Å². The van der Waals surface area contributed by atoms with E-state index < -0.39 is 17.6 Å². The second-order valence-electron chi connectivity index (χ2n) is 9.98. The van der Waals surface area contributed by atoms with E-state index in [0.717, 1.165) is 35.2 Å². The third-order valence-electron chi connectivity index (χ3n) is 6.68. The minimum atomic E-state index is -4.52. The molecule has 3 rings (SSSR count). The molecule has 1 unspecified atom stereocenters. The van der Waals surface area contributed by atoms with Crippen molar-refractivity contribution in [3.63, 3.8) is 0 Å². The van der Waals surface area contributed by atoms with Crippen molar-refractivity contribution in [2.75, 3.05) is 6.54 Å². The lowest BCUT2D eigenvalue weighted by atomic mass is 9.89. The second kappa shape index (κ2) is 10.9. The predicted octanol–water partition coefficient (Wildman–Crippen LogP) is 7.50.